The first kappa shape index (κ1) is 15.1. The third-order valence-electron chi connectivity index (χ3n) is 3.43. The van der Waals surface area contributed by atoms with Crippen LogP contribution in [0.5, 0.6) is 5.75 Å². The number of phenols is 1. The van der Waals surface area contributed by atoms with Crippen LogP contribution in [0.4, 0.5) is 0 Å². The average Bonchev–Trinajstić information content (AvgIpc) is 2.53. The van der Waals surface area contributed by atoms with Crippen molar-refractivity contribution in [1.82, 2.24) is 5.32 Å². The molecule has 1 amide bonds. The number of nitrogens with one attached hydrogen (secondary N) is 1. The molecule has 2 rings (SSSR count). The molecule has 2 aromatic carbocycles. The lowest BCUT2D eigenvalue weighted by Crippen LogP contribution is -2.27. The maximum absolute atomic E-state index is 12.1. The molecule has 21 heavy (non-hydrogen) atoms. The van der Waals surface area contributed by atoms with Crippen molar-refractivity contribution in [3.05, 3.63) is 65.2 Å². The molecular formula is C17H19NO3. The van der Waals surface area contributed by atoms with E-state index in [4.69, 9.17) is 5.11 Å². The Bertz CT molecular complexity index is 608. The number of benzene rings is 2. The lowest BCUT2D eigenvalue weighted by atomic mass is 10.00. The number of aromatic hydroxyl groups is 1. The maximum atomic E-state index is 12.1. The van der Waals surface area contributed by atoms with Crippen LogP contribution in [0.2, 0.25) is 0 Å². The SMILES string of the molecule is C[C@H](C(=O)NCc1cccc(CO)c1)c1ccc(O)cc1. The highest BCUT2D eigenvalue weighted by Crippen LogP contribution is 2.18. The van der Waals surface area contributed by atoms with Crippen LogP contribution in [0, 0.1) is 0 Å². The second-order valence-corrected chi connectivity index (χ2v) is 5.01. The number of carbonyl (C=O) groups is 1. The molecule has 3 N–H and O–H groups in total. The summed E-state index contributed by atoms with van der Waals surface area (Å²) < 4.78 is 0. The van der Waals surface area contributed by atoms with Crippen LogP contribution in [-0.2, 0) is 17.9 Å². The Morgan fingerprint density at radius 1 is 1.14 bits per heavy atom. The van der Waals surface area contributed by atoms with Gasteiger partial charge in [0.2, 0.25) is 5.91 Å². The minimum atomic E-state index is -0.286. The number of amides is 1. The number of hydrogen-bond acceptors (Lipinski definition) is 3. The van der Waals surface area contributed by atoms with Gasteiger partial charge in [-0.1, -0.05) is 36.4 Å². The Morgan fingerprint density at radius 3 is 2.48 bits per heavy atom. The molecule has 0 saturated carbocycles. The van der Waals surface area contributed by atoms with Crippen LogP contribution in [0.3, 0.4) is 0 Å². The summed E-state index contributed by atoms with van der Waals surface area (Å²) in [4.78, 5) is 12.1. The first-order valence-electron chi connectivity index (χ1n) is 6.85. The zero-order valence-corrected chi connectivity index (χ0v) is 11.9. The van der Waals surface area contributed by atoms with E-state index in [1.165, 1.54) is 0 Å². The fourth-order valence-corrected chi connectivity index (χ4v) is 2.09. The molecule has 0 fully saturated rings. The Labute approximate surface area is 124 Å². The predicted octanol–water partition coefficient (Wildman–Crippen LogP) is 2.30. The molecule has 0 aliphatic carbocycles. The molecule has 0 bridgehead atoms. The van der Waals surface area contributed by atoms with Crippen LogP contribution >= 0.6 is 0 Å². The first-order chi connectivity index (χ1) is 10.1. The van der Waals surface area contributed by atoms with Crippen molar-refractivity contribution in [2.45, 2.75) is 26.0 Å². The second kappa shape index (κ2) is 6.90. The van der Waals surface area contributed by atoms with Gasteiger partial charge in [-0.25, -0.2) is 0 Å². The van der Waals surface area contributed by atoms with Gasteiger partial charge in [-0.05, 0) is 35.7 Å². The maximum Gasteiger partial charge on any atom is 0.227 e. The third-order valence-corrected chi connectivity index (χ3v) is 3.43. The van der Waals surface area contributed by atoms with Gasteiger partial charge in [0, 0.05) is 6.54 Å². The topological polar surface area (TPSA) is 69.6 Å². The average molecular weight is 285 g/mol. The Morgan fingerprint density at radius 2 is 1.81 bits per heavy atom. The molecule has 4 heteroatoms. The van der Waals surface area contributed by atoms with Gasteiger partial charge >= 0.3 is 0 Å². The molecule has 0 aliphatic rings. The van der Waals surface area contributed by atoms with E-state index in [9.17, 15) is 9.90 Å². The molecule has 4 nitrogen and oxygen atoms in total. The summed E-state index contributed by atoms with van der Waals surface area (Å²) in [6.45, 7) is 2.24. The van der Waals surface area contributed by atoms with E-state index >= 15 is 0 Å². The number of rotatable bonds is 5. The summed E-state index contributed by atoms with van der Waals surface area (Å²) in [5, 5.41) is 21.2. The molecule has 110 valence electrons. The fraction of sp³-hybridized carbons (Fsp3) is 0.235. The van der Waals surface area contributed by atoms with Crippen molar-refractivity contribution in [3.63, 3.8) is 0 Å². The highest BCUT2D eigenvalue weighted by atomic mass is 16.3. The molecule has 0 unspecified atom stereocenters. The lowest BCUT2D eigenvalue weighted by Gasteiger charge is -2.13. The Balaban J connectivity index is 1.96. The molecule has 0 aromatic heterocycles. The van der Waals surface area contributed by atoms with Crippen molar-refractivity contribution in [2.75, 3.05) is 0 Å². The standard InChI is InChI=1S/C17H19NO3/c1-12(15-5-7-16(20)8-6-15)17(21)18-10-13-3-2-4-14(9-13)11-19/h2-9,12,19-20H,10-11H2,1H3,(H,18,21)/t12-/m0/s1. The van der Waals surface area contributed by atoms with Crippen LogP contribution in [-0.4, -0.2) is 16.1 Å². The van der Waals surface area contributed by atoms with E-state index in [0.717, 1.165) is 16.7 Å². The first-order valence-corrected chi connectivity index (χ1v) is 6.85. The van der Waals surface area contributed by atoms with Crippen LogP contribution in [0.1, 0.15) is 29.5 Å². The molecule has 0 aliphatic heterocycles. The van der Waals surface area contributed by atoms with E-state index in [2.05, 4.69) is 5.32 Å². The summed E-state index contributed by atoms with van der Waals surface area (Å²) in [7, 11) is 0. The van der Waals surface area contributed by atoms with Crippen molar-refractivity contribution in [3.8, 4) is 5.75 Å². The summed E-state index contributed by atoms with van der Waals surface area (Å²) in [6, 6.07) is 14.1. The van der Waals surface area contributed by atoms with E-state index in [1.807, 2.05) is 31.2 Å². The van der Waals surface area contributed by atoms with Crippen molar-refractivity contribution in [2.24, 2.45) is 0 Å². The number of aliphatic hydroxyl groups is 1. The predicted molar refractivity (Wildman–Crippen MR) is 80.7 cm³/mol. The number of carbonyl (C=O) groups excluding carboxylic acids is 1. The number of hydrogen-bond donors (Lipinski definition) is 3. The van der Waals surface area contributed by atoms with Crippen molar-refractivity contribution >= 4 is 5.91 Å². The summed E-state index contributed by atoms with van der Waals surface area (Å²) in [5.41, 5.74) is 2.63. The Hall–Kier alpha value is -2.33. The van der Waals surface area contributed by atoms with Crippen LogP contribution in [0.15, 0.2) is 48.5 Å². The van der Waals surface area contributed by atoms with Gasteiger partial charge in [-0.2, -0.15) is 0 Å². The van der Waals surface area contributed by atoms with Gasteiger partial charge in [-0.3, -0.25) is 4.79 Å². The van der Waals surface area contributed by atoms with Gasteiger partial charge in [0.1, 0.15) is 5.75 Å². The van der Waals surface area contributed by atoms with Gasteiger partial charge in [-0.15, -0.1) is 0 Å². The molecule has 0 spiro atoms. The van der Waals surface area contributed by atoms with Crippen LogP contribution in [0.25, 0.3) is 0 Å². The third kappa shape index (κ3) is 4.07. The molecule has 0 saturated heterocycles. The normalized spacial score (nSPS) is 11.9. The minimum absolute atomic E-state index is 0.00824. The molecular weight excluding hydrogens is 266 g/mol. The van der Waals surface area contributed by atoms with Gasteiger partial charge in [0.15, 0.2) is 0 Å². The quantitative estimate of drug-likeness (QED) is 0.789. The molecule has 0 radical (unpaired) electrons. The van der Waals surface area contributed by atoms with Gasteiger partial charge in [0.05, 0.1) is 12.5 Å². The highest BCUT2D eigenvalue weighted by molar-refractivity contribution is 5.83. The zero-order valence-electron chi connectivity index (χ0n) is 11.9. The smallest absolute Gasteiger partial charge is 0.227 e. The largest absolute Gasteiger partial charge is 0.508 e. The van der Waals surface area contributed by atoms with E-state index in [-0.39, 0.29) is 24.2 Å². The number of aliphatic hydroxyl groups excluding tert-OH is 1. The van der Waals surface area contributed by atoms with Gasteiger partial charge in [0.25, 0.3) is 0 Å². The molecule has 1 atom stereocenters. The summed E-state index contributed by atoms with van der Waals surface area (Å²) >= 11 is 0. The summed E-state index contributed by atoms with van der Waals surface area (Å²) in [5.74, 6) is -0.172. The summed E-state index contributed by atoms with van der Waals surface area (Å²) in [6.07, 6.45) is 0. The van der Waals surface area contributed by atoms with Gasteiger partial charge < -0.3 is 15.5 Å². The number of phenolic OH excluding ortho intramolecular Hbond substituents is 1. The van der Waals surface area contributed by atoms with Crippen molar-refractivity contribution < 1.29 is 15.0 Å². The van der Waals surface area contributed by atoms with Crippen LogP contribution < -0.4 is 5.32 Å². The van der Waals surface area contributed by atoms with E-state index < -0.39 is 0 Å². The monoisotopic (exact) mass is 285 g/mol. The lowest BCUT2D eigenvalue weighted by molar-refractivity contribution is -0.122. The minimum Gasteiger partial charge on any atom is -0.508 e. The zero-order chi connectivity index (χ0) is 15.2. The molecule has 0 heterocycles. The van der Waals surface area contributed by atoms with E-state index in [0.29, 0.717) is 6.54 Å². The fourth-order valence-electron chi connectivity index (χ4n) is 2.09. The highest BCUT2D eigenvalue weighted by Gasteiger charge is 2.14. The Kier molecular flexibility index (Phi) is 4.95. The molecule has 2 aromatic rings. The van der Waals surface area contributed by atoms with Crippen molar-refractivity contribution in [1.29, 1.82) is 0 Å². The van der Waals surface area contributed by atoms with E-state index in [1.54, 1.807) is 24.3 Å². The second-order valence-electron chi connectivity index (χ2n) is 5.01.